The van der Waals surface area contributed by atoms with Crippen LogP contribution in [0.15, 0.2) is 24.3 Å². The van der Waals surface area contributed by atoms with Crippen molar-refractivity contribution >= 4 is 0 Å². The molecule has 1 N–H and O–H groups in total. The van der Waals surface area contributed by atoms with Gasteiger partial charge < -0.3 is 15.0 Å². The maximum Gasteiger partial charge on any atom is 0.119 e. The Morgan fingerprint density at radius 1 is 1.25 bits per heavy atom. The van der Waals surface area contributed by atoms with Gasteiger partial charge >= 0.3 is 0 Å². The van der Waals surface area contributed by atoms with Gasteiger partial charge in [0.25, 0.3) is 0 Å². The summed E-state index contributed by atoms with van der Waals surface area (Å²) in [4.78, 5) is 2.53. The minimum Gasteiger partial charge on any atom is -0.494 e. The molecule has 1 saturated heterocycles. The first kappa shape index (κ1) is 15.3. The van der Waals surface area contributed by atoms with Crippen LogP contribution >= 0.6 is 0 Å². The van der Waals surface area contributed by atoms with Crippen molar-refractivity contribution in [3.8, 4) is 5.75 Å². The number of piperidine rings is 1. The normalized spacial score (nSPS) is 17.3. The van der Waals surface area contributed by atoms with Gasteiger partial charge in [0.2, 0.25) is 0 Å². The largest absolute Gasteiger partial charge is 0.494 e. The first-order valence-electron chi connectivity index (χ1n) is 7.99. The van der Waals surface area contributed by atoms with E-state index in [2.05, 4.69) is 42.3 Å². The number of nitrogens with one attached hydrogen (secondary N) is 1. The molecule has 1 fully saturated rings. The lowest BCUT2D eigenvalue weighted by Gasteiger charge is -2.31. The van der Waals surface area contributed by atoms with Crippen molar-refractivity contribution in [1.29, 1.82) is 0 Å². The first-order valence-corrected chi connectivity index (χ1v) is 7.99. The van der Waals surface area contributed by atoms with Gasteiger partial charge in [-0.15, -0.1) is 0 Å². The highest BCUT2D eigenvalue weighted by molar-refractivity contribution is 5.28. The number of benzene rings is 1. The zero-order chi connectivity index (χ0) is 14.2. The molecule has 0 amide bonds. The summed E-state index contributed by atoms with van der Waals surface area (Å²) in [7, 11) is 0. The van der Waals surface area contributed by atoms with Gasteiger partial charge in [0.05, 0.1) is 6.61 Å². The molecule has 0 aliphatic carbocycles. The van der Waals surface area contributed by atoms with Crippen molar-refractivity contribution in [3.63, 3.8) is 0 Å². The lowest BCUT2D eigenvalue weighted by Crippen LogP contribution is -2.42. The third-order valence-corrected chi connectivity index (χ3v) is 4.00. The van der Waals surface area contributed by atoms with Crippen LogP contribution in [0.1, 0.15) is 38.7 Å². The molecule has 2 rings (SSSR count). The molecule has 0 saturated carbocycles. The number of hydrogen-bond donors (Lipinski definition) is 1. The van der Waals surface area contributed by atoms with Crippen molar-refractivity contribution in [2.45, 2.75) is 45.7 Å². The topological polar surface area (TPSA) is 24.5 Å². The summed E-state index contributed by atoms with van der Waals surface area (Å²) in [5.74, 6) is 0.993. The van der Waals surface area contributed by atoms with E-state index in [-0.39, 0.29) is 0 Å². The molecule has 0 atom stereocenters. The molecule has 112 valence electrons. The number of ether oxygens (including phenoxy) is 1. The SMILES string of the molecule is CCCOc1cccc(CNC2CCN(CC)CC2)c1. The van der Waals surface area contributed by atoms with Crippen LogP contribution in [0.25, 0.3) is 0 Å². The van der Waals surface area contributed by atoms with Gasteiger partial charge in [0.15, 0.2) is 0 Å². The summed E-state index contributed by atoms with van der Waals surface area (Å²) in [5, 5.41) is 3.68. The molecule has 0 aromatic heterocycles. The molecule has 0 bridgehead atoms. The first-order chi connectivity index (χ1) is 9.81. The molecule has 1 aliphatic heterocycles. The smallest absolute Gasteiger partial charge is 0.119 e. The second-order valence-corrected chi connectivity index (χ2v) is 5.59. The van der Waals surface area contributed by atoms with E-state index in [0.29, 0.717) is 6.04 Å². The maximum atomic E-state index is 5.68. The summed E-state index contributed by atoms with van der Waals surface area (Å²) in [6.07, 6.45) is 3.58. The predicted molar refractivity (Wildman–Crippen MR) is 84.2 cm³/mol. The van der Waals surface area contributed by atoms with Crippen molar-refractivity contribution in [2.24, 2.45) is 0 Å². The molecule has 3 nitrogen and oxygen atoms in total. The highest BCUT2D eigenvalue weighted by Gasteiger charge is 2.17. The highest BCUT2D eigenvalue weighted by Crippen LogP contribution is 2.15. The molecule has 3 heteroatoms. The Hall–Kier alpha value is -1.06. The van der Waals surface area contributed by atoms with Gasteiger partial charge in [-0.1, -0.05) is 26.0 Å². The molecule has 20 heavy (non-hydrogen) atoms. The lowest BCUT2D eigenvalue weighted by molar-refractivity contribution is 0.206. The fourth-order valence-electron chi connectivity index (χ4n) is 2.68. The fraction of sp³-hybridized carbons (Fsp3) is 0.647. The van der Waals surface area contributed by atoms with Crippen LogP contribution in [0.2, 0.25) is 0 Å². The Balaban J connectivity index is 1.76. The fourth-order valence-corrected chi connectivity index (χ4v) is 2.68. The van der Waals surface area contributed by atoms with E-state index in [4.69, 9.17) is 4.74 Å². The van der Waals surface area contributed by atoms with Crippen molar-refractivity contribution in [3.05, 3.63) is 29.8 Å². The summed E-state index contributed by atoms with van der Waals surface area (Å²) in [6.45, 7) is 9.77. The van der Waals surface area contributed by atoms with E-state index in [1.807, 2.05) is 6.07 Å². The van der Waals surface area contributed by atoms with Crippen LogP contribution in [0.4, 0.5) is 0 Å². The van der Waals surface area contributed by atoms with Gasteiger partial charge in [-0.05, 0) is 56.6 Å². The molecule has 1 aromatic carbocycles. The van der Waals surface area contributed by atoms with E-state index in [0.717, 1.165) is 25.3 Å². The quantitative estimate of drug-likeness (QED) is 0.828. The van der Waals surface area contributed by atoms with E-state index in [1.54, 1.807) is 0 Å². The van der Waals surface area contributed by atoms with Crippen LogP contribution in [-0.2, 0) is 6.54 Å². The van der Waals surface area contributed by atoms with E-state index < -0.39 is 0 Å². The lowest BCUT2D eigenvalue weighted by atomic mass is 10.0. The zero-order valence-corrected chi connectivity index (χ0v) is 12.9. The predicted octanol–water partition coefficient (Wildman–Crippen LogP) is 3.05. The Morgan fingerprint density at radius 2 is 2.05 bits per heavy atom. The summed E-state index contributed by atoms with van der Waals surface area (Å²) in [6, 6.07) is 9.12. The molecular weight excluding hydrogens is 248 g/mol. The minimum absolute atomic E-state index is 0.665. The number of nitrogens with zero attached hydrogens (tertiary/aromatic N) is 1. The highest BCUT2D eigenvalue weighted by atomic mass is 16.5. The molecule has 0 spiro atoms. The Labute approximate surface area is 123 Å². The molecule has 1 aliphatic rings. The summed E-state index contributed by atoms with van der Waals surface area (Å²) in [5.41, 5.74) is 1.32. The second-order valence-electron chi connectivity index (χ2n) is 5.59. The van der Waals surface area contributed by atoms with E-state index in [1.165, 1.54) is 38.0 Å². The summed E-state index contributed by atoms with van der Waals surface area (Å²) < 4.78 is 5.68. The summed E-state index contributed by atoms with van der Waals surface area (Å²) >= 11 is 0. The maximum absolute atomic E-state index is 5.68. The standard InChI is InChI=1S/C17H28N2O/c1-3-12-20-17-7-5-6-15(13-17)14-18-16-8-10-19(4-2)11-9-16/h5-7,13,16,18H,3-4,8-12,14H2,1-2H3. The van der Waals surface area contributed by atoms with Gasteiger partial charge in [-0.2, -0.15) is 0 Å². The Morgan fingerprint density at radius 3 is 2.75 bits per heavy atom. The van der Waals surface area contributed by atoms with Crippen LogP contribution in [0.5, 0.6) is 5.75 Å². The molecular formula is C17H28N2O. The average molecular weight is 276 g/mol. The Kier molecular flexibility index (Phi) is 6.34. The molecule has 0 radical (unpaired) electrons. The van der Waals surface area contributed by atoms with Gasteiger partial charge in [-0.25, -0.2) is 0 Å². The molecule has 0 unspecified atom stereocenters. The van der Waals surface area contributed by atoms with Gasteiger partial charge in [0, 0.05) is 12.6 Å². The van der Waals surface area contributed by atoms with Crippen LogP contribution < -0.4 is 10.1 Å². The van der Waals surface area contributed by atoms with Crippen molar-refractivity contribution in [2.75, 3.05) is 26.2 Å². The molecule has 1 aromatic rings. The van der Waals surface area contributed by atoms with Crippen LogP contribution in [0.3, 0.4) is 0 Å². The van der Waals surface area contributed by atoms with Crippen LogP contribution in [0, 0.1) is 0 Å². The zero-order valence-electron chi connectivity index (χ0n) is 12.9. The van der Waals surface area contributed by atoms with Crippen molar-refractivity contribution < 1.29 is 4.74 Å². The number of hydrogen-bond acceptors (Lipinski definition) is 3. The van der Waals surface area contributed by atoms with Gasteiger partial charge in [-0.3, -0.25) is 0 Å². The van der Waals surface area contributed by atoms with Crippen molar-refractivity contribution in [1.82, 2.24) is 10.2 Å². The van der Waals surface area contributed by atoms with E-state index in [9.17, 15) is 0 Å². The van der Waals surface area contributed by atoms with Gasteiger partial charge in [0.1, 0.15) is 5.75 Å². The van der Waals surface area contributed by atoms with Crippen LogP contribution in [-0.4, -0.2) is 37.2 Å². The number of likely N-dealkylation sites (tertiary alicyclic amines) is 1. The minimum atomic E-state index is 0.665. The second kappa shape index (κ2) is 8.28. The third kappa shape index (κ3) is 4.80. The number of rotatable bonds is 7. The molecule has 1 heterocycles. The average Bonchev–Trinajstić information content (AvgIpc) is 2.52. The monoisotopic (exact) mass is 276 g/mol. The van der Waals surface area contributed by atoms with E-state index >= 15 is 0 Å². The Bertz CT molecular complexity index is 386. The third-order valence-electron chi connectivity index (χ3n) is 4.00.